The maximum absolute atomic E-state index is 13.1. The summed E-state index contributed by atoms with van der Waals surface area (Å²) < 4.78 is 6.87. The van der Waals surface area contributed by atoms with E-state index in [2.05, 4.69) is 10.4 Å². The molecule has 2 fully saturated rings. The van der Waals surface area contributed by atoms with Gasteiger partial charge in [-0.15, -0.1) is 0 Å². The summed E-state index contributed by atoms with van der Waals surface area (Å²) >= 11 is 0. The summed E-state index contributed by atoms with van der Waals surface area (Å²) in [7, 11) is 1.61. The Bertz CT molecular complexity index is 738. The lowest BCUT2D eigenvalue weighted by atomic mass is 9.97. The van der Waals surface area contributed by atoms with Gasteiger partial charge >= 0.3 is 6.03 Å². The lowest BCUT2D eigenvalue weighted by Gasteiger charge is -2.42. The number of nitrogens with one attached hydrogen (secondary N) is 1. The molecular formula is C20H32N6O4. The smallest absolute Gasteiger partial charge is 0.321 e. The number of hydrogen-bond donors (Lipinski definition) is 1. The maximum Gasteiger partial charge on any atom is 0.321 e. The second-order valence-corrected chi connectivity index (χ2v) is 8.27. The van der Waals surface area contributed by atoms with Crippen LogP contribution in [0.2, 0.25) is 0 Å². The molecule has 2 saturated heterocycles. The Labute approximate surface area is 177 Å². The number of rotatable bonds is 10. The van der Waals surface area contributed by atoms with E-state index in [1.807, 2.05) is 26.1 Å². The van der Waals surface area contributed by atoms with Gasteiger partial charge in [-0.3, -0.25) is 14.3 Å². The third-order valence-electron chi connectivity index (χ3n) is 5.50. The van der Waals surface area contributed by atoms with Crippen molar-refractivity contribution in [2.75, 3.05) is 46.4 Å². The summed E-state index contributed by atoms with van der Waals surface area (Å²) in [5, 5.41) is 6.93. The Kier molecular flexibility index (Phi) is 7.30. The molecule has 0 aromatic carbocycles. The van der Waals surface area contributed by atoms with Gasteiger partial charge in [0.2, 0.25) is 11.8 Å². The first-order valence-electron chi connectivity index (χ1n) is 10.5. The van der Waals surface area contributed by atoms with Crippen LogP contribution in [0.1, 0.15) is 20.3 Å². The van der Waals surface area contributed by atoms with Crippen molar-refractivity contribution in [3.63, 3.8) is 0 Å². The molecule has 1 aromatic rings. The Morgan fingerprint density at radius 3 is 2.70 bits per heavy atom. The molecule has 3 rings (SSSR count). The quantitative estimate of drug-likeness (QED) is 0.575. The van der Waals surface area contributed by atoms with E-state index >= 15 is 0 Å². The molecule has 1 N–H and O–H groups in total. The zero-order valence-corrected chi connectivity index (χ0v) is 18.0. The summed E-state index contributed by atoms with van der Waals surface area (Å²) in [6.07, 6.45) is 4.12. The molecule has 0 unspecified atom stereocenters. The van der Waals surface area contributed by atoms with Crippen LogP contribution in [-0.4, -0.2) is 101 Å². The van der Waals surface area contributed by atoms with Gasteiger partial charge in [-0.25, -0.2) is 4.79 Å². The van der Waals surface area contributed by atoms with Gasteiger partial charge in [0.25, 0.3) is 0 Å². The van der Waals surface area contributed by atoms with Crippen molar-refractivity contribution in [3.8, 4) is 0 Å². The molecule has 0 aliphatic carbocycles. The van der Waals surface area contributed by atoms with Gasteiger partial charge in [-0.05, 0) is 18.4 Å². The minimum Gasteiger partial charge on any atom is -0.383 e. The molecule has 2 aliphatic heterocycles. The van der Waals surface area contributed by atoms with Crippen molar-refractivity contribution in [1.29, 1.82) is 0 Å². The average molecular weight is 421 g/mol. The van der Waals surface area contributed by atoms with Crippen molar-refractivity contribution in [3.05, 3.63) is 18.5 Å². The Morgan fingerprint density at radius 1 is 1.27 bits per heavy atom. The predicted molar refractivity (Wildman–Crippen MR) is 110 cm³/mol. The predicted octanol–water partition coefficient (Wildman–Crippen LogP) is 0.00880. The summed E-state index contributed by atoms with van der Waals surface area (Å²) in [6, 6.07) is 1.01. The number of amides is 4. The van der Waals surface area contributed by atoms with Gasteiger partial charge in [0.1, 0.15) is 12.6 Å². The fourth-order valence-corrected chi connectivity index (χ4v) is 4.12. The molecule has 3 heterocycles. The normalized spacial score (nSPS) is 21.5. The van der Waals surface area contributed by atoms with Crippen LogP contribution >= 0.6 is 0 Å². The highest BCUT2D eigenvalue weighted by Crippen LogP contribution is 2.28. The van der Waals surface area contributed by atoms with Gasteiger partial charge < -0.3 is 24.8 Å². The van der Waals surface area contributed by atoms with Crippen molar-refractivity contribution in [2.24, 2.45) is 5.92 Å². The highest BCUT2D eigenvalue weighted by Gasteiger charge is 2.49. The highest BCUT2D eigenvalue weighted by molar-refractivity contribution is 5.91. The van der Waals surface area contributed by atoms with E-state index in [1.165, 1.54) is 0 Å². The molecular weight excluding hydrogens is 388 g/mol. The standard InChI is InChI=1S/C20H32N6O4/c1-15(2)11-17-19(28)23(9-10-30-3)12-16-13-24(20(29)26(16)17)14-18(27)21-6-8-25-7-4-5-22-25/h4-5,7,15-17H,6,8-14H2,1-3H3,(H,21,27)/t16-,17+/m1/s1. The number of hydrogen-bond acceptors (Lipinski definition) is 5. The number of carbonyl (C=O) groups is 3. The van der Waals surface area contributed by atoms with Gasteiger partial charge in [-0.1, -0.05) is 13.8 Å². The van der Waals surface area contributed by atoms with Gasteiger partial charge in [0, 0.05) is 45.7 Å². The zero-order chi connectivity index (χ0) is 21.7. The molecule has 10 heteroatoms. The molecule has 166 valence electrons. The molecule has 2 aliphatic rings. The van der Waals surface area contributed by atoms with Crippen LogP contribution in [0.3, 0.4) is 0 Å². The number of carbonyl (C=O) groups excluding carboxylic acids is 3. The van der Waals surface area contributed by atoms with Gasteiger partial charge in [0.05, 0.1) is 19.2 Å². The number of methoxy groups -OCH3 is 1. The third-order valence-corrected chi connectivity index (χ3v) is 5.50. The van der Waals surface area contributed by atoms with Crippen LogP contribution in [0.25, 0.3) is 0 Å². The van der Waals surface area contributed by atoms with Crippen LogP contribution < -0.4 is 5.32 Å². The first-order chi connectivity index (χ1) is 14.4. The summed E-state index contributed by atoms with van der Waals surface area (Å²) in [5.74, 6) is 0.0311. The van der Waals surface area contributed by atoms with E-state index < -0.39 is 6.04 Å². The highest BCUT2D eigenvalue weighted by atomic mass is 16.5. The number of ether oxygens (including phenoxy) is 1. The SMILES string of the molecule is COCCN1C[C@@H]2CN(CC(=O)NCCn3cccn3)C(=O)N2[C@@H](CC(C)C)C1=O. The summed E-state index contributed by atoms with van der Waals surface area (Å²) in [5.41, 5.74) is 0. The molecule has 4 amide bonds. The van der Waals surface area contributed by atoms with Crippen LogP contribution in [-0.2, 0) is 20.9 Å². The van der Waals surface area contributed by atoms with Crippen molar-refractivity contribution in [2.45, 2.75) is 38.9 Å². The van der Waals surface area contributed by atoms with Crippen LogP contribution in [0, 0.1) is 5.92 Å². The second-order valence-electron chi connectivity index (χ2n) is 8.27. The fourth-order valence-electron chi connectivity index (χ4n) is 4.12. The van der Waals surface area contributed by atoms with E-state index in [-0.39, 0.29) is 36.3 Å². The minimum atomic E-state index is -0.485. The van der Waals surface area contributed by atoms with E-state index in [9.17, 15) is 14.4 Å². The molecule has 2 atom stereocenters. The van der Waals surface area contributed by atoms with E-state index in [0.717, 1.165) is 0 Å². The van der Waals surface area contributed by atoms with Crippen molar-refractivity contribution >= 4 is 17.8 Å². The monoisotopic (exact) mass is 420 g/mol. The van der Waals surface area contributed by atoms with Crippen molar-refractivity contribution in [1.82, 2.24) is 29.8 Å². The van der Waals surface area contributed by atoms with Crippen LogP contribution in [0.5, 0.6) is 0 Å². The lowest BCUT2D eigenvalue weighted by molar-refractivity contribution is -0.143. The van der Waals surface area contributed by atoms with Crippen LogP contribution in [0.15, 0.2) is 18.5 Å². The average Bonchev–Trinajstić information content (AvgIpc) is 3.31. The molecule has 0 saturated carbocycles. The lowest BCUT2D eigenvalue weighted by Crippen LogP contribution is -2.61. The second kappa shape index (κ2) is 9.92. The zero-order valence-electron chi connectivity index (χ0n) is 18.0. The number of urea groups is 1. The number of aromatic nitrogens is 2. The van der Waals surface area contributed by atoms with Gasteiger partial charge in [-0.2, -0.15) is 5.10 Å². The Morgan fingerprint density at radius 2 is 2.03 bits per heavy atom. The number of nitrogens with zero attached hydrogens (tertiary/aromatic N) is 5. The molecule has 30 heavy (non-hydrogen) atoms. The van der Waals surface area contributed by atoms with E-state index in [0.29, 0.717) is 45.8 Å². The van der Waals surface area contributed by atoms with Gasteiger partial charge in [0.15, 0.2) is 0 Å². The topological polar surface area (TPSA) is 100 Å². The Balaban J connectivity index is 1.60. The largest absolute Gasteiger partial charge is 0.383 e. The molecule has 0 spiro atoms. The fraction of sp³-hybridized carbons (Fsp3) is 0.700. The first-order valence-corrected chi connectivity index (χ1v) is 10.5. The third kappa shape index (κ3) is 5.10. The van der Waals surface area contributed by atoms with Crippen LogP contribution in [0.4, 0.5) is 4.79 Å². The minimum absolute atomic E-state index is 0.00833. The summed E-state index contributed by atoms with van der Waals surface area (Å²) in [6.45, 7) is 6.97. The Hall–Kier alpha value is -2.62. The maximum atomic E-state index is 13.1. The molecule has 0 bridgehead atoms. The summed E-state index contributed by atoms with van der Waals surface area (Å²) in [4.78, 5) is 43.5. The number of fused-ring (bicyclic) bond motifs is 1. The van der Waals surface area contributed by atoms with E-state index in [4.69, 9.17) is 4.74 Å². The first kappa shape index (κ1) is 22.1. The van der Waals surface area contributed by atoms with Crippen molar-refractivity contribution < 1.29 is 19.1 Å². The number of piperazine rings is 1. The van der Waals surface area contributed by atoms with E-state index in [1.54, 1.807) is 32.7 Å². The molecule has 0 radical (unpaired) electrons. The molecule has 10 nitrogen and oxygen atoms in total. The molecule has 1 aromatic heterocycles.